The molecule has 0 saturated heterocycles. The predicted molar refractivity (Wildman–Crippen MR) is 81.4 cm³/mol. The van der Waals surface area contributed by atoms with Crippen LogP contribution in [0, 0.1) is 0 Å². The van der Waals surface area contributed by atoms with Crippen molar-refractivity contribution in [1.29, 1.82) is 0 Å². The van der Waals surface area contributed by atoms with Gasteiger partial charge in [-0.15, -0.1) is 0 Å². The third kappa shape index (κ3) is 3.66. The number of nitrogens with zero attached hydrogens (tertiary/aromatic N) is 3. The van der Waals surface area contributed by atoms with Crippen molar-refractivity contribution in [3.63, 3.8) is 0 Å². The Bertz CT molecular complexity index is 582. The summed E-state index contributed by atoms with van der Waals surface area (Å²) >= 11 is 0. The van der Waals surface area contributed by atoms with Gasteiger partial charge in [-0.2, -0.15) is 0 Å². The van der Waals surface area contributed by atoms with E-state index in [0.717, 1.165) is 6.42 Å². The molecule has 2 heterocycles. The Hall–Kier alpha value is -2.21. The summed E-state index contributed by atoms with van der Waals surface area (Å²) in [5, 5.41) is 6.22. The number of hydrogen-bond donors (Lipinski definition) is 2. The number of amides is 1. The minimum absolute atomic E-state index is 0.0901. The molecule has 0 aromatic carbocycles. The van der Waals surface area contributed by atoms with Crippen LogP contribution in [0.2, 0.25) is 0 Å². The van der Waals surface area contributed by atoms with E-state index in [9.17, 15) is 4.79 Å². The zero-order chi connectivity index (χ0) is 15.2. The van der Waals surface area contributed by atoms with Crippen molar-refractivity contribution in [2.45, 2.75) is 32.4 Å². The Morgan fingerprint density at radius 3 is 2.86 bits per heavy atom. The first kappa shape index (κ1) is 15.2. The minimum atomic E-state index is -0.0901. The second-order valence-electron chi connectivity index (χ2n) is 4.94. The van der Waals surface area contributed by atoms with Crippen LogP contribution in [0.1, 0.15) is 30.6 Å². The fourth-order valence-electron chi connectivity index (χ4n) is 2.13. The number of carbonyl (C=O) groups is 1. The molecule has 0 saturated carbocycles. The van der Waals surface area contributed by atoms with Gasteiger partial charge in [-0.3, -0.25) is 9.36 Å². The Balaban J connectivity index is 2.14. The van der Waals surface area contributed by atoms with E-state index in [1.807, 2.05) is 7.05 Å². The monoisotopic (exact) mass is 287 g/mol. The Morgan fingerprint density at radius 2 is 2.24 bits per heavy atom. The summed E-state index contributed by atoms with van der Waals surface area (Å²) in [4.78, 5) is 20.6. The Morgan fingerprint density at radius 1 is 1.43 bits per heavy atom. The van der Waals surface area contributed by atoms with Crippen LogP contribution in [0.4, 0.5) is 0 Å². The second-order valence-corrected chi connectivity index (χ2v) is 4.94. The summed E-state index contributed by atoms with van der Waals surface area (Å²) in [5.74, 6) is 0.586. The van der Waals surface area contributed by atoms with Crippen LogP contribution >= 0.6 is 0 Å². The maximum atomic E-state index is 12.4. The summed E-state index contributed by atoms with van der Waals surface area (Å²) in [6, 6.07) is 3.78. The first-order chi connectivity index (χ1) is 10.2. The topological polar surface area (TPSA) is 71.8 Å². The Labute approximate surface area is 124 Å². The normalized spacial score (nSPS) is 13.7. The molecule has 6 nitrogen and oxygen atoms in total. The summed E-state index contributed by atoms with van der Waals surface area (Å²) in [6.07, 6.45) is 7.62. The van der Waals surface area contributed by atoms with Crippen LogP contribution in [-0.2, 0) is 0 Å². The highest BCUT2D eigenvalue weighted by molar-refractivity contribution is 5.94. The molecule has 0 aliphatic rings. The lowest BCUT2D eigenvalue weighted by atomic mass is 10.1. The van der Waals surface area contributed by atoms with E-state index in [1.54, 1.807) is 41.6 Å². The lowest BCUT2D eigenvalue weighted by molar-refractivity contribution is 0.0928. The number of carbonyl (C=O) groups excluding carboxylic acids is 1. The molecule has 0 aliphatic carbocycles. The molecule has 2 rings (SSSR count). The van der Waals surface area contributed by atoms with Crippen molar-refractivity contribution in [3.05, 3.63) is 42.6 Å². The molecule has 0 bridgehead atoms. The van der Waals surface area contributed by atoms with E-state index in [-0.39, 0.29) is 18.0 Å². The quantitative estimate of drug-likeness (QED) is 0.842. The molecule has 2 aromatic heterocycles. The van der Waals surface area contributed by atoms with Crippen LogP contribution in [0.15, 0.2) is 37.1 Å². The number of hydrogen-bond acceptors (Lipinski definition) is 4. The number of nitrogens with one attached hydrogen (secondary N) is 2. The molecular formula is C15H21N5O. The molecule has 0 radical (unpaired) electrons. The van der Waals surface area contributed by atoms with E-state index in [4.69, 9.17) is 0 Å². The highest BCUT2D eigenvalue weighted by Gasteiger charge is 2.17. The zero-order valence-corrected chi connectivity index (χ0v) is 12.6. The summed E-state index contributed by atoms with van der Waals surface area (Å²) in [6.45, 7) is 4.11. The van der Waals surface area contributed by atoms with Crippen molar-refractivity contribution in [1.82, 2.24) is 25.2 Å². The standard InChI is InChI=1S/C15H21N5O/c1-4-13(11(2)16-3)19-15(21)12-5-6-18-14(9-12)20-8-7-17-10-20/h5-11,13,16H,4H2,1-3H3,(H,19,21). The summed E-state index contributed by atoms with van der Waals surface area (Å²) < 4.78 is 1.77. The molecule has 2 unspecified atom stereocenters. The average molecular weight is 287 g/mol. The van der Waals surface area contributed by atoms with Gasteiger partial charge in [0.15, 0.2) is 0 Å². The maximum absolute atomic E-state index is 12.4. The summed E-state index contributed by atoms with van der Waals surface area (Å²) in [7, 11) is 1.89. The van der Waals surface area contributed by atoms with E-state index in [0.29, 0.717) is 11.4 Å². The third-order valence-electron chi connectivity index (χ3n) is 3.59. The first-order valence-electron chi connectivity index (χ1n) is 7.08. The molecular weight excluding hydrogens is 266 g/mol. The second kappa shape index (κ2) is 6.99. The number of imidazole rings is 1. The zero-order valence-electron chi connectivity index (χ0n) is 12.6. The van der Waals surface area contributed by atoms with Gasteiger partial charge in [0.05, 0.1) is 0 Å². The van der Waals surface area contributed by atoms with E-state index in [1.165, 1.54) is 0 Å². The Kier molecular flexibility index (Phi) is 5.05. The first-order valence-corrected chi connectivity index (χ1v) is 7.08. The number of aromatic nitrogens is 3. The third-order valence-corrected chi connectivity index (χ3v) is 3.59. The molecule has 2 aromatic rings. The van der Waals surface area contributed by atoms with Crippen molar-refractivity contribution < 1.29 is 4.79 Å². The molecule has 2 atom stereocenters. The maximum Gasteiger partial charge on any atom is 0.251 e. The van der Waals surface area contributed by atoms with Gasteiger partial charge in [-0.25, -0.2) is 9.97 Å². The van der Waals surface area contributed by atoms with Gasteiger partial charge in [0.1, 0.15) is 12.1 Å². The van der Waals surface area contributed by atoms with E-state index in [2.05, 4.69) is 34.4 Å². The van der Waals surface area contributed by atoms with Crippen molar-refractivity contribution in [3.8, 4) is 5.82 Å². The van der Waals surface area contributed by atoms with Gasteiger partial charge >= 0.3 is 0 Å². The largest absolute Gasteiger partial charge is 0.348 e. The van der Waals surface area contributed by atoms with Crippen LogP contribution in [0.3, 0.4) is 0 Å². The van der Waals surface area contributed by atoms with E-state index < -0.39 is 0 Å². The fraction of sp³-hybridized carbons (Fsp3) is 0.400. The van der Waals surface area contributed by atoms with Gasteiger partial charge in [0, 0.05) is 36.2 Å². The SMILES string of the molecule is CCC(NC(=O)c1ccnc(-n2ccnc2)c1)C(C)NC. The van der Waals surface area contributed by atoms with Gasteiger partial charge in [-0.05, 0) is 32.5 Å². The molecule has 6 heteroatoms. The highest BCUT2D eigenvalue weighted by Crippen LogP contribution is 2.08. The van der Waals surface area contributed by atoms with E-state index >= 15 is 0 Å². The average Bonchev–Trinajstić information content (AvgIpc) is 3.06. The predicted octanol–water partition coefficient (Wildman–Crippen LogP) is 1.38. The van der Waals surface area contributed by atoms with Crippen molar-refractivity contribution >= 4 is 5.91 Å². The smallest absolute Gasteiger partial charge is 0.251 e. The lowest BCUT2D eigenvalue weighted by Gasteiger charge is -2.23. The van der Waals surface area contributed by atoms with Gasteiger partial charge < -0.3 is 10.6 Å². The van der Waals surface area contributed by atoms with Gasteiger partial charge in [0.2, 0.25) is 0 Å². The molecule has 112 valence electrons. The fourth-order valence-corrected chi connectivity index (χ4v) is 2.13. The van der Waals surface area contributed by atoms with Crippen molar-refractivity contribution in [2.75, 3.05) is 7.05 Å². The van der Waals surface area contributed by atoms with Crippen molar-refractivity contribution in [2.24, 2.45) is 0 Å². The lowest BCUT2D eigenvalue weighted by Crippen LogP contribution is -2.47. The molecule has 1 amide bonds. The van der Waals surface area contributed by atoms with Crippen LogP contribution in [0.5, 0.6) is 0 Å². The minimum Gasteiger partial charge on any atom is -0.348 e. The van der Waals surface area contributed by atoms with Gasteiger partial charge in [0.25, 0.3) is 5.91 Å². The number of rotatable bonds is 6. The molecule has 0 spiro atoms. The summed E-state index contributed by atoms with van der Waals surface area (Å²) in [5.41, 5.74) is 0.593. The van der Waals surface area contributed by atoms with Crippen LogP contribution in [0.25, 0.3) is 5.82 Å². The molecule has 0 aliphatic heterocycles. The number of likely N-dealkylation sites (N-methyl/N-ethyl adjacent to an activating group) is 1. The van der Waals surface area contributed by atoms with Gasteiger partial charge in [-0.1, -0.05) is 6.92 Å². The van der Waals surface area contributed by atoms with Crippen LogP contribution < -0.4 is 10.6 Å². The molecule has 2 N–H and O–H groups in total. The molecule has 21 heavy (non-hydrogen) atoms. The number of pyridine rings is 1. The highest BCUT2D eigenvalue weighted by atomic mass is 16.1. The molecule has 0 fully saturated rings. The van der Waals surface area contributed by atoms with Crippen LogP contribution in [-0.4, -0.2) is 39.6 Å².